The number of hydrogen-bond acceptors (Lipinski definition) is 2. The molecule has 1 aliphatic rings. The fourth-order valence-electron chi connectivity index (χ4n) is 2.60. The Morgan fingerprint density at radius 3 is 2.69 bits per heavy atom. The summed E-state index contributed by atoms with van der Waals surface area (Å²) in [7, 11) is 1.97. The zero-order valence-corrected chi connectivity index (χ0v) is 10.4. The molecule has 0 saturated heterocycles. The van der Waals surface area contributed by atoms with Gasteiger partial charge in [-0.15, -0.1) is 0 Å². The fourth-order valence-corrected chi connectivity index (χ4v) is 2.60. The molecule has 1 aliphatic carbocycles. The van der Waals surface area contributed by atoms with Gasteiger partial charge in [0.25, 0.3) is 0 Å². The normalized spacial score (nSPS) is 25.9. The molecule has 0 amide bonds. The van der Waals surface area contributed by atoms with E-state index in [1.165, 1.54) is 37.7 Å². The predicted octanol–water partition coefficient (Wildman–Crippen LogP) is 2.48. The van der Waals surface area contributed by atoms with Gasteiger partial charge in [0.2, 0.25) is 0 Å². The van der Waals surface area contributed by atoms with E-state index in [0.717, 1.165) is 18.5 Å². The lowest BCUT2D eigenvalue weighted by Gasteiger charge is -2.28. The van der Waals surface area contributed by atoms with Gasteiger partial charge in [0.15, 0.2) is 0 Å². The Balaban J connectivity index is 1.71. The van der Waals surface area contributed by atoms with Crippen LogP contribution < -0.4 is 5.32 Å². The number of aryl methyl sites for hydroxylation is 1. The smallest absolute Gasteiger partial charge is 0.0534 e. The summed E-state index contributed by atoms with van der Waals surface area (Å²) in [5, 5.41) is 7.82. The average Bonchev–Trinajstić information content (AvgIpc) is 2.73. The Bertz CT molecular complexity index is 311. The van der Waals surface area contributed by atoms with Gasteiger partial charge in [0.05, 0.1) is 6.20 Å². The minimum atomic E-state index is 0.725. The first kappa shape index (κ1) is 11.6. The van der Waals surface area contributed by atoms with Crippen molar-refractivity contribution in [3.8, 4) is 0 Å². The molecule has 3 nitrogen and oxygen atoms in total. The topological polar surface area (TPSA) is 29.9 Å². The second-order valence-electron chi connectivity index (χ2n) is 5.03. The molecular weight excluding hydrogens is 198 g/mol. The molecule has 0 aromatic carbocycles. The number of nitrogens with zero attached hydrogens (tertiary/aromatic N) is 2. The molecule has 1 heterocycles. The van der Waals surface area contributed by atoms with Crippen LogP contribution in [0, 0.1) is 5.92 Å². The minimum Gasteiger partial charge on any atom is -0.310 e. The lowest BCUT2D eigenvalue weighted by Crippen LogP contribution is -2.32. The third-order valence-corrected chi connectivity index (χ3v) is 3.78. The van der Waals surface area contributed by atoms with Crippen LogP contribution in [0.15, 0.2) is 12.4 Å². The largest absolute Gasteiger partial charge is 0.310 e. The van der Waals surface area contributed by atoms with Gasteiger partial charge in [-0.25, -0.2) is 0 Å². The summed E-state index contributed by atoms with van der Waals surface area (Å²) in [4.78, 5) is 0. The highest BCUT2D eigenvalue weighted by atomic mass is 15.2. The molecule has 90 valence electrons. The quantitative estimate of drug-likeness (QED) is 0.846. The van der Waals surface area contributed by atoms with E-state index in [4.69, 9.17) is 0 Å². The monoisotopic (exact) mass is 221 g/mol. The molecule has 0 atom stereocenters. The van der Waals surface area contributed by atoms with Crippen LogP contribution in [0.3, 0.4) is 0 Å². The van der Waals surface area contributed by atoms with E-state index in [9.17, 15) is 0 Å². The van der Waals surface area contributed by atoms with Crippen molar-refractivity contribution in [1.29, 1.82) is 0 Å². The Morgan fingerprint density at radius 1 is 1.38 bits per heavy atom. The number of hydrogen-bond donors (Lipinski definition) is 1. The summed E-state index contributed by atoms with van der Waals surface area (Å²) >= 11 is 0. The first-order valence-electron chi connectivity index (χ1n) is 6.49. The van der Waals surface area contributed by atoms with E-state index in [1.54, 1.807) is 0 Å². The Morgan fingerprint density at radius 2 is 2.12 bits per heavy atom. The first-order valence-corrected chi connectivity index (χ1v) is 6.49. The molecule has 0 spiro atoms. The highest BCUT2D eigenvalue weighted by Gasteiger charge is 2.19. The van der Waals surface area contributed by atoms with Gasteiger partial charge < -0.3 is 5.32 Å². The molecule has 1 aromatic heterocycles. The highest BCUT2D eigenvalue weighted by molar-refractivity contribution is 5.03. The Labute approximate surface area is 98.2 Å². The zero-order valence-electron chi connectivity index (χ0n) is 10.4. The summed E-state index contributed by atoms with van der Waals surface area (Å²) in [6.45, 7) is 3.28. The molecule has 0 unspecified atom stereocenters. The molecule has 1 fully saturated rings. The Kier molecular flexibility index (Phi) is 3.99. The fraction of sp³-hybridized carbons (Fsp3) is 0.769. The van der Waals surface area contributed by atoms with Crippen molar-refractivity contribution >= 4 is 0 Å². The molecule has 1 N–H and O–H groups in total. The van der Waals surface area contributed by atoms with Crippen LogP contribution in [0.5, 0.6) is 0 Å². The van der Waals surface area contributed by atoms with Crippen LogP contribution in [0.1, 0.15) is 44.6 Å². The lowest BCUT2D eigenvalue weighted by molar-refractivity contribution is 0.285. The van der Waals surface area contributed by atoms with E-state index in [2.05, 4.69) is 23.5 Å². The van der Waals surface area contributed by atoms with Gasteiger partial charge in [-0.3, -0.25) is 4.68 Å². The van der Waals surface area contributed by atoms with Crippen molar-refractivity contribution in [3.05, 3.63) is 18.0 Å². The molecule has 3 heteroatoms. The van der Waals surface area contributed by atoms with Crippen molar-refractivity contribution in [2.24, 2.45) is 13.0 Å². The van der Waals surface area contributed by atoms with Crippen LogP contribution >= 0.6 is 0 Å². The van der Waals surface area contributed by atoms with E-state index in [0.29, 0.717) is 0 Å². The van der Waals surface area contributed by atoms with Gasteiger partial charge in [0.1, 0.15) is 0 Å². The van der Waals surface area contributed by atoms with E-state index >= 15 is 0 Å². The maximum Gasteiger partial charge on any atom is 0.0534 e. The number of rotatable bonds is 4. The van der Waals surface area contributed by atoms with E-state index in [-0.39, 0.29) is 0 Å². The zero-order chi connectivity index (χ0) is 11.4. The molecule has 0 aliphatic heterocycles. The molecular formula is C13H23N3. The Hall–Kier alpha value is -0.830. The summed E-state index contributed by atoms with van der Waals surface area (Å²) in [6.07, 6.45) is 10.9. The second kappa shape index (κ2) is 5.48. The summed E-state index contributed by atoms with van der Waals surface area (Å²) in [5.74, 6) is 0.983. The third kappa shape index (κ3) is 3.08. The number of aromatic nitrogens is 2. The van der Waals surface area contributed by atoms with Gasteiger partial charge >= 0.3 is 0 Å². The van der Waals surface area contributed by atoms with Gasteiger partial charge in [-0.1, -0.05) is 13.3 Å². The van der Waals surface area contributed by atoms with Crippen LogP contribution in [-0.2, 0) is 13.6 Å². The maximum atomic E-state index is 4.18. The molecule has 0 bridgehead atoms. The lowest BCUT2D eigenvalue weighted by atomic mass is 9.84. The summed E-state index contributed by atoms with van der Waals surface area (Å²) < 4.78 is 1.87. The standard InChI is InChI=1S/C13H23N3/c1-3-11-4-6-13(7-5-11)14-8-12-9-15-16(2)10-12/h9-11,13-14H,3-8H2,1-2H3. The molecule has 1 aromatic rings. The minimum absolute atomic E-state index is 0.725. The van der Waals surface area contributed by atoms with Crippen molar-refractivity contribution < 1.29 is 0 Å². The van der Waals surface area contributed by atoms with Crippen LogP contribution in [-0.4, -0.2) is 15.8 Å². The van der Waals surface area contributed by atoms with E-state index < -0.39 is 0 Å². The SMILES string of the molecule is CCC1CCC(NCc2cnn(C)c2)CC1. The molecule has 2 rings (SSSR count). The second-order valence-corrected chi connectivity index (χ2v) is 5.03. The van der Waals surface area contributed by atoms with Crippen molar-refractivity contribution in [2.75, 3.05) is 0 Å². The van der Waals surface area contributed by atoms with Crippen LogP contribution in [0.4, 0.5) is 0 Å². The summed E-state index contributed by atoms with van der Waals surface area (Å²) in [5.41, 5.74) is 1.29. The van der Waals surface area contributed by atoms with Gasteiger partial charge in [-0.05, 0) is 31.6 Å². The third-order valence-electron chi connectivity index (χ3n) is 3.78. The van der Waals surface area contributed by atoms with Crippen LogP contribution in [0.2, 0.25) is 0 Å². The first-order chi connectivity index (χ1) is 7.78. The molecule has 0 radical (unpaired) electrons. The average molecular weight is 221 g/mol. The maximum absolute atomic E-state index is 4.18. The summed E-state index contributed by atoms with van der Waals surface area (Å²) in [6, 6.07) is 0.725. The number of nitrogens with one attached hydrogen (secondary N) is 1. The van der Waals surface area contributed by atoms with Crippen molar-refractivity contribution in [3.63, 3.8) is 0 Å². The van der Waals surface area contributed by atoms with Gasteiger partial charge in [0, 0.05) is 31.4 Å². The van der Waals surface area contributed by atoms with Crippen molar-refractivity contribution in [2.45, 2.75) is 51.6 Å². The van der Waals surface area contributed by atoms with Crippen molar-refractivity contribution in [1.82, 2.24) is 15.1 Å². The molecule has 1 saturated carbocycles. The van der Waals surface area contributed by atoms with E-state index in [1.807, 2.05) is 17.9 Å². The van der Waals surface area contributed by atoms with Gasteiger partial charge in [-0.2, -0.15) is 5.10 Å². The predicted molar refractivity (Wildman–Crippen MR) is 66.1 cm³/mol. The van der Waals surface area contributed by atoms with Crippen LogP contribution in [0.25, 0.3) is 0 Å². The highest BCUT2D eigenvalue weighted by Crippen LogP contribution is 2.26. The molecule has 16 heavy (non-hydrogen) atoms.